The fourth-order valence-electron chi connectivity index (χ4n) is 7.73. The fraction of sp³-hybridized carbons (Fsp3) is 0.627. The first-order valence-corrected chi connectivity index (χ1v) is 29.7. The summed E-state index contributed by atoms with van der Waals surface area (Å²) in [6, 6.07) is 0. The molecule has 73 heavy (non-hydrogen) atoms. The van der Waals surface area contributed by atoms with Crippen molar-refractivity contribution in [2.75, 3.05) is 13.2 Å². The van der Waals surface area contributed by atoms with E-state index in [9.17, 15) is 14.4 Å². The first kappa shape index (κ1) is 68.6. The first-order chi connectivity index (χ1) is 36.0. The molecule has 6 heteroatoms. The average Bonchev–Trinajstić information content (AvgIpc) is 3.39. The van der Waals surface area contributed by atoms with E-state index in [0.717, 1.165) is 167 Å². The van der Waals surface area contributed by atoms with E-state index in [1.54, 1.807) is 0 Å². The van der Waals surface area contributed by atoms with Crippen LogP contribution in [-0.4, -0.2) is 37.2 Å². The summed E-state index contributed by atoms with van der Waals surface area (Å²) in [6.07, 6.45) is 84.4. The summed E-state index contributed by atoms with van der Waals surface area (Å²) in [7, 11) is 0. The molecule has 0 aliphatic heterocycles. The molecule has 0 aliphatic rings. The van der Waals surface area contributed by atoms with Crippen LogP contribution in [0.1, 0.15) is 252 Å². The van der Waals surface area contributed by atoms with E-state index in [1.807, 2.05) is 0 Å². The molecule has 0 bridgehead atoms. The van der Waals surface area contributed by atoms with Gasteiger partial charge in [0.1, 0.15) is 13.2 Å². The van der Waals surface area contributed by atoms with Crippen LogP contribution in [0.4, 0.5) is 0 Å². The molecular formula is C67H108O6. The van der Waals surface area contributed by atoms with Crippen LogP contribution in [-0.2, 0) is 28.6 Å². The summed E-state index contributed by atoms with van der Waals surface area (Å²) in [4.78, 5) is 38.2. The van der Waals surface area contributed by atoms with Gasteiger partial charge in [-0.3, -0.25) is 14.4 Å². The number of esters is 3. The SMILES string of the molecule is CC/C=C\C/C=C\C/C=C\C/C=C\C/C=C\CCCCCCCCCCCC(=O)OCC(COC(=O)CCCCCCC/C=C\C/C=C\CCC)OC(=O)CCCCCC/C=C\C/C=C\C/C=C\C/C=C\CC. The summed E-state index contributed by atoms with van der Waals surface area (Å²) < 4.78 is 16.8. The second kappa shape index (κ2) is 60.1. The largest absolute Gasteiger partial charge is 0.462 e. The van der Waals surface area contributed by atoms with Crippen molar-refractivity contribution in [2.45, 2.75) is 258 Å². The van der Waals surface area contributed by atoms with Crippen molar-refractivity contribution in [2.24, 2.45) is 0 Å². The van der Waals surface area contributed by atoms with Crippen LogP contribution in [0.2, 0.25) is 0 Å². The third-order valence-electron chi connectivity index (χ3n) is 12.1. The Morgan fingerprint density at radius 2 is 0.534 bits per heavy atom. The van der Waals surface area contributed by atoms with Gasteiger partial charge in [0.15, 0.2) is 6.10 Å². The summed E-state index contributed by atoms with van der Waals surface area (Å²) in [5, 5.41) is 0. The quantitative estimate of drug-likeness (QED) is 0.0261. The Labute approximate surface area is 449 Å². The number of carbonyl (C=O) groups is 3. The Balaban J connectivity index is 4.40. The van der Waals surface area contributed by atoms with Gasteiger partial charge in [-0.1, -0.05) is 238 Å². The minimum atomic E-state index is -0.805. The number of hydrogen-bond donors (Lipinski definition) is 0. The number of ether oxygens (including phenoxy) is 3. The molecule has 1 unspecified atom stereocenters. The molecule has 6 nitrogen and oxygen atoms in total. The molecule has 0 saturated heterocycles. The highest BCUT2D eigenvalue weighted by molar-refractivity contribution is 5.71. The monoisotopic (exact) mass is 1010 g/mol. The van der Waals surface area contributed by atoms with Gasteiger partial charge in [-0.25, -0.2) is 0 Å². The standard InChI is InChI=1S/C67H108O6/c1-4-7-10-13-16-19-22-25-27-29-30-31-32-33-34-35-36-38-39-42-45-48-51-54-57-60-66(69)72-63-64(62-71-65(68)59-56-53-50-47-44-41-24-21-18-15-12-9-6-3)73-67(70)61-58-55-52-49-46-43-40-37-28-26-23-20-17-14-11-8-5-2/h7-8,10-12,15-17,19-21,24-28,30-31,33-34,40,43,64H,4-6,9,13-14,18,22-23,29,32,35-39,41-42,44-63H2,1-3H3/b10-7-,11-8-,15-12-,19-16-,20-17-,24-21-,27-25-,28-26-,31-30-,34-33-,43-40-. The predicted molar refractivity (Wildman–Crippen MR) is 316 cm³/mol. The van der Waals surface area contributed by atoms with Gasteiger partial charge in [0.2, 0.25) is 0 Å². The van der Waals surface area contributed by atoms with E-state index in [-0.39, 0.29) is 31.1 Å². The van der Waals surface area contributed by atoms with Crippen molar-refractivity contribution in [3.8, 4) is 0 Å². The molecule has 0 rings (SSSR count). The number of carbonyl (C=O) groups excluding carboxylic acids is 3. The summed E-state index contributed by atoms with van der Waals surface area (Å²) in [6.45, 7) is 6.31. The number of hydrogen-bond acceptors (Lipinski definition) is 6. The van der Waals surface area contributed by atoms with Crippen LogP contribution in [0.3, 0.4) is 0 Å². The molecule has 0 radical (unpaired) electrons. The molecule has 0 amide bonds. The second-order valence-electron chi connectivity index (χ2n) is 19.1. The van der Waals surface area contributed by atoms with Crippen molar-refractivity contribution in [1.82, 2.24) is 0 Å². The average molecular weight is 1010 g/mol. The second-order valence-corrected chi connectivity index (χ2v) is 19.1. The first-order valence-electron chi connectivity index (χ1n) is 29.7. The third kappa shape index (κ3) is 58.3. The maximum Gasteiger partial charge on any atom is 0.306 e. The Hall–Kier alpha value is -4.45. The third-order valence-corrected chi connectivity index (χ3v) is 12.1. The van der Waals surface area contributed by atoms with Crippen LogP contribution in [0.5, 0.6) is 0 Å². The van der Waals surface area contributed by atoms with Gasteiger partial charge in [-0.2, -0.15) is 0 Å². The smallest absolute Gasteiger partial charge is 0.306 e. The van der Waals surface area contributed by atoms with Crippen molar-refractivity contribution < 1.29 is 28.6 Å². The van der Waals surface area contributed by atoms with Crippen molar-refractivity contribution >= 4 is 17.9 Å². The van der Waals surface area contributed by atoms with E-state index in [2.05, 4.69) is 154 Å². The molecule has 0 aromatic carbocycles. The minimum absolute atomic E-state index is 0.0999. The number of unbranched alkanes of at least 4 members (excludes halogenated alkanes) is 19. The molecule has 0 heterocycles. The van der Waals surface area contributed by atoms with Gasteiger partial charge in [-0.05, 0) is 128 Å². The van der Waals surface area contributed by atoms with Gasteiger partial charge < -0.3 is 14.2 Å². The highest BCUT2D eigenvalue weighted by Crippen LogP contribution is 2.14. The van der Waals surface area contributed by atoms with E-state index in [4.69, 9.17) is 14.2 Å². The predicted octanol–water partition coefficient (Wildman–Crippen LogP) is 20.2. The van der Waals surface area contributed by atoms with E-state index in [0.29, 0.717) is 19.3 Å². The zero-order valence-electron chi connectivity index (χ0n) is 47.1. The molecule has 1 atom stereocenters. The molecular weight excluding hydrogens is 901 g/mol. The van der Waals surface area contributed by atoms with Crippen molar-refractivity contribution in [3.63, 3.8) is 0 Å². The molecule has 0 spiro atoms. The molecule has 0 aromatic heterocycles. The maximum absolute atomic E-state index is 12.9. The van der Waals surface area contributed by atoms with Gasteiger partial charge >= 0.3 is 17.9 Å². The van der Waals surface area contributed by atoms with Gasteiger partial charge in [0, 0.05) is 19.3 Å². The van der Waals surface area contributed by atoms with Crippen LogP contribution in [0.15, 0.2) is 134 Å². The zero-order chi connectivity index (χ0) is 52.9. The lowest BCUT2D eigenvalue weighted by Crippen LogP contribution is -2.30. The lowest BCUT2D eigenvalue weighted by Gasteiger charge is -2.18. The van der Waals surface area contributed by atoms with Crippen molar-refractivity contribution in [3.05, 3.63) is 134 Å². The normalized spacial score (nSPS) is 13.1. The van der Waals surface area contributed by atoms with Gasteiger partial charge in [0.25, 0.3) is 0 Å². The Morgan fingerprint density at radius 1 is 0.288 bits per heavy atom. The number of allylic oxidation sites excluding steroid dienone is 22. The molecule has 412 valence electrons. The fourth-order valence-corrected chi connectivity index (χ4v) is 7.73. The van der Waals surface area contributed by atoms with Crippen LogP contribution in [0.25, 0.3) is 0 Å². The van der Waals surface area contributed by atoms with Gasteiger partial charge in [-0.15, -0.1) is 0 Å². The van der Waals surface area contributed by atoms with E-state index < -0.39 is 6.10 Å². The Morgan fingerprint density at radius 3 is 0.836 bits per heavy atom. The molecule has 0 fully saturated rings. The lowest BCUT2D eigenvalue weighted by atomic mass is 10.1. The van der Waals surface area contributed by atoms with Crippen LogP contribution < -0.4 is 0 Å². The lowest BCUT2D eigenvalue weighted by molar-refractivity contribution is -0.167. The van der Waals surface area contributed by atoms with E-state index in [1.165, 1.54) is 44.9 Å². The highest BCUT2D eigenvalue weighted by Gasteiger charge is 2.19. The Bertz CT molecular complexity index is 1580. The molecule has 0 saturated carbocycles. The summed E-state index contributed by atoms with van der Waals surface area (Å²) >= 11 is 0. The number of rotatable bonds is 52. The maximum atomic E-state index is 12.9. The molecule has 0 aromatic rings. The van der Waals surface area contributed by atoms with Crippen LogP contribution >= 0.6 is 0 Å². The molecule has 0 N–H and O–H groups in total. The zero-order valence-corrected chi connectivity index (χ0v) is 47.1. The molecule has 0 aliphatic carbocycles. The Kier molecular flexibility index (Phi) is 56.4. The topological polar surface area (TPSA) is 78.9 Å². The van der Waals surface area contributed by atoms with Crippen LogP contribution in [0, 0.1) is 0 Å². The highest BCUT2D eigenvalue weighted by atomic mass is 16.6. The van der Waals surface area contributed by atoms with Crippen molar-refractivity contribution in [1.29, 1.82) is 0 Å². The van der Waals surface area contributed by atoms with Gasteiger partial charge in [0.05, 0.1) is 0 Å². The summed E-state index contributed by atoms with van der Waals surface area (Å²) in [5.74, 6) is -0.947. The minimum Gasteiger partial charge on any atom is -0.462 e. The van der Waals surface area contributed by atoms with E-state index >= 15 is 0 Å². The summed E-state index contributed by atoms with van der Waals surface area (Å²) in [5.41, 5.74) is 0.